The van der Waals surface area contributed by atoms with Crippen molar-refractivity contribution in [2.45, 2.75) is 19.9 Å². The summed E-state index contributed by atoms with van der Waals surface area (Å²) in [7, 11) is 1.78. The summed E-state index contributed by atoms with van der Waals surface area (Å²) in [5.74, 6) is -1.10. The number of carbonyl (C=O) groups is 2. The van der Waals surface area contributed by atoms with E-state index in [-0.39, 0.29) is 17.3 Å². The van der Waals surface area contributed by atoms with Gasteiger partial charge in [-0.2, -0.15) is 5.10 Å². The zero-order valence-corrected chi connectivity index (χ0v) is 18.7. The second-order valence-electron chi connectivity index (χ2n) is 7.38. The number of benzene rings is 2. The molecular formula is C22H20BrN5O3. The summed E-state index contributed by atoms with van der Waals surface area (Å²) >= 11 is 3.48. The van der Waals surface area contributed by atoms with Crippen molar-refractivity contribution in [2.24, 2.45) is 7.05 Å². The van der Waals surface area contributed by atoms with Crippen LogP contribution in [0.3, 0.4) is 0 Å². The third-order valence-corrected chi connectivity index (χ3v) is 5.89. The van der Waals surface area contributed by atoms with Crippen molar-refractivity contribution in [3.63, 3.8) is 0 Å². The normalized spacial score (nSPS) is 11.3. The van der Waals surface area contributed by atoms with Gasteiger partial charge in [0.05, 0.1) is 15.9 Å². The van der Waals surface area contributed by atoms with Gasteiger partial charge in [0, 0.05) is 23.3 Å². The number of para-hydroxylation sites is 1. The van der Waals surface area contributed by atoms with E-state index in [1.54, 1.807) is 35.9 Å². The summed E-state index contributed by atoms with van der Waals surface area (Å²) in [5.41, 5.74) is 5.90. The highest BCUT2D eigenvalue weighted by molar-refractivity contribution is 9.10. The Labute approximate surface area is 186 Å². The van der Waals surface area contributed by atoms with E-state index in [0.29, 0.717) is 20.9 Å². The molecule has 2 aromatic heterocycles. The number of amides is 2. The highest BCUT2D eigenvalue weighted by Gasteiger charge is 2.22. The predicted molar refractivity (Wildman–Crippen MR) is 122 cm³/mol. The van der Waals surface area contributed by atoms with Gasteiger partial charge in [-0.3, -0.25) is 25.2 Å². The van der Waals surface area contributed by atoms with E-state index in [9.17, 15) is 14.4 Å². The van der Waals surface area contributed by atoms with Gasteiger partial charge >= 0.3 is 0 Å². The van der Waals surface area contributed by atoms with Crippen molar-refractivity contribution >= 4 is 49.4 Å². The lowest BCUT2D eigenvalue weighted by Crippen LogP contribution is -2.43. The first kappa shape index (κ1) is 20.8. The van der Waals surface area contributed by atoms with Crippen LogP contribution in [0.25, 0.3) is 21.7 Å². The van der Waals surface area contributed by atoms with E-state index in [1.165, 1.54) is 4.68 Å². The van der Waals surface area contributed by atoms with Crippen LogP contribution >= 0.6 is 15.9 Å². The third kappa shape index (κ3) is 3.50. The monoisotopic (exact) mass is 481 g/mol. The summed E-state index contributed by atoms with van der Waals surface area (Å²) in [4.78, 5) is 38.4. The average molecular weight is 482 g/mol. The van der Waals surface area contributed by atoms with Gasteiger partial charge in [-0.05, 0) is 41.9 Å². The molecule has 0 spiro atoms. The Kier molecular flexibility index (Phi) is 5.36. The molecule has 0 saturated carbocycles. The maximum Gasteiger partial charge on any atom is 0.290 e. The van der Waals surface area contributed by atoms with Gasteiger partial charge in [0.25, 0.3) is 17.4 Å². The molecule has 31 heavy (non-hydrogen) atoms. The fourth-order valence-electron chi connectivity index (χ4n) is 3.56. The molecular weight excluding hydrogens is 462 g/mol. The molecule has 0 saturated heterocycles. The lowest BCUT2D eigenvalue weighted by molar-refractivity contribution is 0.0838. The van der Waals surface area contributed by atoms with Gasteiger partial charge in [-0.1, -0.05) is 36.4 Å². The van der Waals surface area contributed by atoms with E-state index in [0.717, 1.165) is 10.9 Å². The molecule has 0 bridgehead atoms. The van der Waals surface area contributed by atoms with Gasteiger partial charge < -0.3 is 4.57 Å². The Morgan fingerprint density at radius 3 is 2.16 bits per heavy atom. The third-order valence-electron chi connectivity index (χ3n) is 5.08. The van der Waals surface area contributed by atoms with Crippen LogP contribution in [0, 0.1) is 0 Å². The van der Waals surface area contributed by atoms with Crippen molar-refractivity contribution in [3.05, 3.63) is 74.7 Å². The van der Waals surface area contributed by atoms with Crippen molar-refractivity contribution < 1.29 is 9.59 Å². The van der Waals surface area contributed by atoms with E-state index in [4.69, 9.17) is 0 Å². The number of hydrogen-bond donors (Lipinski definition) is 2. The molecule has 0 fully saturated rings. The Morgan fingerprint density at radius 2 is 1.52 bits per heavy atom. The highest BCUT2D eigenvalue weighted by Crippen LogP contribution is 2.30. The van der Waals surface area contributed by atoms with Crippen LogP contribution in [0.15, 0.2) is 57.8 Å². The van der Waals surface area contributed by atoms with E-state index < -0.39 is 11.8 Å². The Hall–Kier alpha value is -3.46. The summed E-state index contributed by atoms with van der Waals surface area (Å²) in [6, 6.07) is 14.1. The zero-order valence-electron chi connectivity index (χ0n) is 17.1. The van der Waals surface area contributed by atoms with Crippen molar-refractivity contribution in [1.82, 2.24) is 25.2 Å². The molecule has 2 aromatic carbocycles. The number of halogens is 1. The lowest BCUT2D eigenvalue weighted by Gasteiger charge is -2.14. The van der Waals surface area contributed by atoms with Gasteiger partial charge in [-0.25, -0.2) is 4.68 Å². The van der Waals surface area contributed by atoms with E-state index in [1.807, 2.05) is 38.1 Å². The molecule has 8 nitrogen and oxygen atoms in total. The van der Waals surface area contributed by atoms with Crippen LogP contribution < -0.4 is 16.4 Å². The molecule has 2 N–H and O–H groups in total. The molecule has 9 heteroatoms. The molecule has 2 amide bonds. The molecule has 0 aliphatic carbocycles. The van der Waals surface area contributed by atoms with Crippen molar-refractivity contribution in [1.29, 1.82) is 0 Å². The zero-order chi connectivity index (χ0) is 22.3. The summed E-state index contributed by atoms with van der Waals surface area (Å²) in [5, 5.41) is 5.94. The number of aromatic nitrogens is 3. The molecule has 158 valence electrons. The second-order valence-corrected chi connectivity index (χ2v) is 8.18. The first-order valence-electron chi connectivity index (χ1n) is 9.66. The number of hydrazine groups is 1. The minimum atomic E-state index is -0.617. The largest absolute Gasteiger partial charge is 0.339 e. The summed E-state index contributed by atoms with van der Waals surface area (Å²) < 4.78 is 3.64. The Balaban J connectivity index is 1.66. The Bertz CT molecular complexity index is 1360. The van der Waals surface area contributed by atoms with Gasteiger partial charge in [-0.15, -0.1) is 0 Å². The van der Waals surface area contributed by atoms with Crippen LogP contribution in [0.1, 0.15) is 40.9 Å². The number of aryl methyl sites for hydroxylation is 1. The molecule has 0 aliphatic heterocycles. The van der Waals surface area contributed by atoms with Gasteiger partial charge in [0.15, 0.2) is 5.69 Å². The average Bonchev–Trinajstić information content (AvgIpc) is 3.02. The second kappa shape index (κ2) is 7.99. The maximum absolute atomic E-state index is 12.9. The van der Waals surface area contributed by atoms with E-state index >= 15 is 0 Å². The number of hydrogen-bond acceptors (Lipinski definition) is 4. The Morgan fingerprint density at radius 1 is 0.935 bits per heavy atom. The van der Waals surface area contributed by atoms with E-state index in [2.05, 4.69) is 31.9 Å². The number of nitrogens with zero attached hydrogens (tertiary/aromatic N) is 3. The van der Waals surface area contributed by atoms with Gasteiger partial charge in [0.2, 0.25) is 0 Å². The maximum atomic E-state index is 12.9. The van der Waals surface area contributed by atoms with Gasteiger partial charge in [0.1, 0.15) is 5.69 Å². The first-order valence-corrected chi connectivity index (χ1v) is 10.5. The molecule has 4 rings (SSSR count). The summed E-state index contributed by atoms with van der Waals surface area (Å²) in [6.07, 6.45) is 0. The fraction of sp³-hybridized carbons (Fsp3) is 0.182. The first-order chi connectivity index (χ1) is 14.8. The number of fused-ring (bicyclic) bond motifs is 2. The van der Waals surface area contributed by atoms with Crippen LogP contribution in [0.5, 0.6) is 0 Å². The van der Waals surface area contributed by atoms with Crippen LogP contribution in [0.4, 0.5) is 0 Å². The van der Waals surface area contributed by atoms with Crippen molar-refractivity contribution in [3.8, 4) is 0 Å². The summed E-state index contributed by atoms with van der Waals surface area (Å²) in [6.45, 7) is 3.62. The quantitative estimate of drug-likeness (QED) is 0.438. The van der Waals surface area contributed by atoms with Crippen LogP contribution in [-0.4, -0.2) is 26.2 Å². The standard InChI is InChI=1S/C22H20BrN5O3/c1-12(2)28-22(31)14-9-5-4-8-13(14)18(26-28)20(29)24-25-21(30)19-17(23)15-10-6-7-11-16(15)27(19)3/h4-12H,1-3H3,(H,24,29)(H,25,30). The lowest BCUT2D eigenvalue weighted by atomic mass is 10.1. The smallest absolute Gasteiger partial charge is 0.290 e. The SMILES string of the molecule is CC(C)n1nc(C(=O)NNC(=O)c2c(Br)c3ccccc3n2C)c2ccccc2c1=O. The minimum Gasteiger partial charge on any atom is -0.339 e. The highest BCUT2D eigenvalue weighted by atomic mass is 79.9. The predicted octanol–water partition coefficient (Wildman–Crippen LogP) is 3.31. The number of rotatable bonds is 3. The molecule has 0 radical (unpaired) electrons. The molecule has 0 aliphatic rings. The van der Waals surface area contributed by atoms with Crippen LogP contribution in [-0.2, 0) is 7.05 Å². The fourth-order valence-corrected chi connectivity index (χ4v) is 4.34. The van der Waals surface area contributed by atoms with Crippen molar-refractivity contribution in [2.75, 3.05) is 0 Å². The molecule has 0 unspecified atom stereocenters. The van der Waals surface area contributed by atoms with Crippen LogP contribution in [0.2, 0.25) is 0 Å². The molecule has 4 aromatic rings. The molecule has 0 atom stereocenters. The topological polar surface area (TPSA) is 98.0 Å². The number of carbonyl (C=O) groups excluding carboxylic acids is 2. The molecule has 2 heterocycles. The number of nitrogens with one attached hydrogen (secondary N) is 2. The minimum absolute atomic E-state index is 0.0558.